The van der Waals surface area contributed by atoms with Crippen LogP contribution in [0.3, 0.4) is 0 Å². The SMILES string of the molecule is COc1ccccc1NC(=O)CCNc1ccc(N2CCCCC2)cc1. The van der Waals surface area contributed by atoms with Gasteiger partial charge in [-0.3, -0.25) is 4.79 Å². The summed E-state index contributed by atoms with van der Waals surface area (Å²) in [5, 5.41) is 6.20. The largest absolute Gasteiger partial charge is 0.495 e. The monoisotopic (exact) mass is 353 g/mol. The molecule has 1 amide bonds. The van der Waals surface area contributed by atoms with Crippen LogP contribution in [0.5, 0.6) is 5.75 Å². The van der Waals surface area contributed by atoms with Crippen LogP contribution in [0.25, 0.3) is 0 Å². The molecule has 0 bridgehead atoms. The van der Waals surface area contributed by atoms with Gasteiger partial charge in [0.1, 0.15) is 5.75 Å². The van der Waals surface area contributed by atoms with Crippen molar-refractivity contribution in [3.63, 3.8) is 0 Å². The van der Waals surface area contributed by atoms with Gasteiger partial charge in [-0.15, -0.1) is 0 Å². The lowest BCUT2D eigenvalue weighted by Crippen LogP contribution is -2.29. The molecule has 2 aromatic carbocycles. The van der Waals surface area contributed by atoms with E-state index in [1.165, 1.54) is 24.9 Å². The Bertz CT molecular complexity index is 709. The molecule has 0 aromatic heterocycles. The second kappa shape index (κ2) is 9.13. The van der Waals surface area contributed by atoms with Crippen molar-refractivity contribution >= 4 is 23.0 Å². The van der Waals surface area contributed by atoms with Crippen LogP contribution in [0.15, 0.2) is 48.5 Å². The minimum atomic E-state index is -0.0352. The predicted octanol–water partition coefficient (Wildman–Crippen LogP) is 4.13. The first-order valence-electron chi connectivity index (χ1n) is 9.28. The van der Waals surface area contributed by atoms with E-state index in [9.17, 15) is 4.79 Å². The van der Waals surface area contributed by atoms with Crippen molar-refractivity contribution in [1.29, 1.82) is 0 Å². The Morgan fingerprint density at radius 1 is 1.04 bits per heavy atom. The van der Waals surface area contributed by atoms with Gasteiger partial charge >= 0.3 is 0 Å². The second-order valence-corrected chi connectivity index (χ2v) is 6.52. The lowest BCUT2D eigenvalue weighted by Gasteiger charge is -2.28. The third kappa shape index (κ3) is 4.91. The first-order chi connectivity index (χ1) is 12.8. The Balaban J connectivity index is 1.44. The maximum Gasteiger partial charge on any atom is 0.226 e. The zero-order valence-electron chi connectivity index (χ0n) is 15.3. The van der Waals surface area contributed by atoms with Crippen LogP contribution in [0, 0.1) is 0 Å². The minimum absolute atomic E-state index is 0.0352. The maximum absolute atomic E-state index is 12.1. The Kier molecular flexibility index (Phi) is 6.36. The van der Waals surface area contributed by atoms with Gasteiger partial charge in [-0.25, -0.2) is 0 Å². The van der Waals surface area contributed by atoms with Crippen molar-refractivity contribution in [2.45, 2.75) is 25.7 Å². The smallest absolute Gasteiger partial charge is 0.226 e. The summed E-state index contributed by atoms with van der Waals surface area (Å²) >= 11 is 0. The molecule has 138 valence electrons. The van der Waals surface area contributed by atoms with Crippen molar-refractivity contribution in [3.05, 3.63) is 48.5 Å². The molecule has 1 saturated heterocycles. The number of methoxy groups -OCH3 is 1. The highest BCUT2D eigenvalue weighted by atomic mass is 16.5. The number of para-hydroxylation sites is 2. The van der Waals surface area contributed by atoms with Gasteiger partial charge in [0.05, 0.1) is 12.8 Å². The lowest BCUT2D eigenvalue weighted by atomic mass is 10.1. The fourth-order valence-corrected chi connectivity index (χ4v) is 3.22. The van der Waals surface area contributed by atoms with E-state index in [2.05, 4.69) is 39.8 Å². The molecule has 0 radical (unpaired) electrons. The number of nitrogens with zero attached hydrogens (tertiary/aromatic N) is 1. The number of ether oxygens (including phenoxy) is 1. The molecule has 1 aliphatic rings. The van der Waals surface area contributed by atoms with Crippen molar-refractivity contribution in [2.75, 3.05) is 42.3 Å². The second-order valence-electron chi connectivity index (χ2n) is 6.52. The van der Waals surface area contributed by atoms with Crippen molar-refractivity contribution in [2.24, 2.45) is 0 Å². The third-order valence-corrected chi connectivity index (χ3v) is 4.65. The third-order valence-electron chi connectivity index (χ3n) is 4.65. The molecule has 5 heteroatoms. The van der Waals surface area contributed by atoms with E-state index < -0.39 is 0 Å². The average molecular weight is 353 g/mol. The van der Waals surface area contributed by atoms with Crippen LogP contribution >= 0.6 is 0 Å². The quantitative estimate of drug-likeness (QED) is 0.786. The van der Waals surface area contributed by atoms with Crippen LogP contribution in [-0.4, -0.2) is 32.7 Å². The van der Waals surface area contributed by atoms with Crippen molar-refractivity contribution in [1.82, 2.24) is 0 Å². The lowest BCUT2D eigenvalue weighted by molar-refractivity contribution is -0.116. The first kappa shape index (κ1) is 18.1. The molecule has 1 fully saturated rings. The average Bonchev–Trinajstić information content (AvgIpc) is 2.69. The van der Waals surface area contributed by atoms with Gasteiger partial charge < -0.3 is 20.3 Å². The number of anilines is 3. The summed E-state index contributed by atoms with van der Waals surface area (Å²) in [7, 11) is 1.60. The normalized spacial score (nSPS) is 14.0. The molecule has 0 aliphatic carbocycles. The highest BCUT2D eigenvalue weighted by Gasteiger charge is 2.10. The van der Waals surface area contributed by atoms with Gasteiger partial charge in [0.2, 0.25) is 5.91 Å². The van der Waals surface area contributed by atoms with Gasteiger partial charge in [-0.05, 0) is 55.7 Å². The predicted molar refractivity (Wildman–Crippen MR) is 107 cm³/mol. The highest BCUT2D eigenvalue weighted by molar-refractivity contribution is 5.92. The molecule has 5 nitrogen and oxygen atoms in total. The van der Waals surface area contributed by atoms with E-state index >= 15 is 0 Å². The van der Waals surface area contributed by atoms with Gasteiger partial charge in [0.15, 0.2) is 0 Å². The molecular formula is C21H27N3O2. The Morgan fingerprint density at radius 3 is 2.50 bits per heavy atom. The van der Waals surface area contributed by atoms with Gasteiger partial charge in [0.25, 0.3) is 0 Å². The molecule has 0 unspecified atom stereocenters. The summed E-state index contributed by atoms with van der Waals surface area (Å²) in [4.78, 5) is 14.6. The number of hydrogen-bond donors (Lipinski definition) is 2. The highest BCUT2D eigenvalue weighted by Crippen LogP contribution is 2.23. The van der Waals surface area contributed by atoms with E-state index in [0.717, 1.165) is 18.8 Å². The number of nitrogens with one attached hydrogen (secondary N) is 2. The molecule has 3 rings (SSSR count). The van der Waals surface area contributed by atoms with E-state index in [4.69, 9.17) is 4.74 Å². The minimum Gasteiger partial charge on any atom is -0.495 e. The molecule has 0 atom stereocenters. The summed E-state index contributed by atoms with van der Waals surface area (Å²) in [6.07, 6.45) is 4.29. The van der Waals surface area contributed by atoms with E-state index in [-0.39, 0.29) is 5.91 Å². The van der Waals surface area contributed by atoms with E-state index in [0.29, 0.717) is 24.4 Å². The Morgan fingerprint density at radius 2 is 1.77 bits per heavy atom. The summed E-state index contributed by atoms with van der Waals surface area (Å²) in [5.74, 6) is 0.633. The van der Waals surface area contributed by atoms with Crippen LogP contribution in [0.4, 0.5) is 17.1 Å². The number of piperidine rings is 1. The molecule has 2 N–H and O–H groups in total. The molecule has 26 heavy (non-hydrogen) atoms. The van der Waals surface area contributed by atoms with Crippen molar-refractivity contribution < 1.29 is 9.53 Å². The first-order valence-corrected chi connectivity index (χ1v) is 9.28. The van der Waals surface area contributed by atoms with Crippen molar-refractivity contribution in [3.8, 4) is 5.75 Å². The molecule has 2 aromatic rings. The summed E-state index contributed by atoms with van der Waals surface area (Å²) in [5.41, 5.74) is 3.02. The van der Waals surface area contributed by atoms with Crippen LogP contribution < -0.4 is 20.3 Å². The topological polar surface area (TPSA) is 53.6 Å². The van der Waals surface area contributed by atoms with Gasteiger partial charge in [-0.1, -0.05) is 12.1 Å². The number of carbonyl (C=O) groups is 1. The van der Waals surface area contributed by atoms with Crippen LogP contribution in [0.1, 0.15) is 25.7 Å². The Labute approximate surface area is 155 Å². The summed E-state index contributed by atoms with van der Waals surface area (Å²) in [6.45, 7) is 2.88. The summed E-state index contributed by atoms with van der Waals surface area (Å²) < 4.78 is 5.25. The fourth-order valence-electron chi connectivity index (χ4n) is 3.22. The molecule has 1 heterocycles. The molecule has 0 spiro atoms. The number of amides is 1. The van der Waals surface area contributed by atoms with E-state index in [1.807, 2.05) is 24.3 Å². The zero-order valence-corrected chi connectivity index (χ0v) is 15.3. The molecular weight excluding hydrogens is 326 g/mol. The maximum atomic E-state index is 12.1. The van der Waals surface area contributed by atoms with E-state index in [1.54, 1.807) is 7.11 Å². The molecule has 0 saturated carbocycles. The van der Waals surface area contributed by atoms with Crippen LogP contribution in [0.2, 0.25) is 0 Å². The van der Waals surface area contributed by atoms with Crippen LogP contribution in [-0.2, 0) is 4.79 Å². The standard InChI is InChI=1S/C21H27N3O2/c1-26-20-8-4-3-7-19(20)23-21(25)13-14-22-17-9-11-18(12-10-17)24-15-5-2-6-16-24/h3-4,7-12,22H,2,5-6,13-16H2,1H3,(H,23,25). The number of carbonyl (C=O) groups excluding carboxylic acids is 1. The Hall–Kier alpha value is -2.69. The number of benzene rings is 2. The number of hydrogen-bond acceptors (Lipinski definition) is 4. The zero-order chi connectivity index (χ0) is 18.2. The number of rotatable bonds is 7. The van der Waals surface area contributed by atoms with Gasteiger partial charge in [-0.2, -0.15) is 0 Å². The fraction of sp³-hybridized carbons (Fsp3) is 0.381. The summed E-state index contributed by atoms with van der Waals surface area (Å²) in [6, 6.07) is 15.9. The molecule has 1 aliphatic heterocycles. The van der Waals surface area contributed by atoms with Gasteiger partial charge in [0, 0.05) is 37.4 Å².